The van der Waals surface area contributed by atoms with Crippen molar-refractivity contribution in [2.75, 3.05) is 13.1 Å². The predicted octanol–water partition coefficient (Wildman–Crippen LogP) is 2.45. The normalized spacial score (nSPS) is 21.9. The zero-order valence-electron chi connectivity index (χ0n) is 8.04. The molecule has 1 aliphatic rings. The zero-order chi connectivity index (χ0) is 9.80. The Morgan fingerprint density at radius 3 is 3.07 bits per heavy atom. The molecular formula is C12H14FN. The zero-order valence-corrected chi connectivity index (χ0v) is 8.04. The van der Waals surface area contributed by atoms with Gasteiger partial charge in [-0.2, -0.15) is 0 Å². The Bertz CT molecular complexity index is 327. The minimum Gasteiger partial charge on any atom is -0.316 e. The minimum atomic E-state index is -0.170. The number of hydrogen-bond donors (Lipinski definition) is 1. The van der Waals surface area contributed by atoms with Gasteiger partial charge < -0.3 is 5.32 Å². The number of rotatable bonds is 2. The molecule has 14 heavy (non-hydrogen) atoms. The van der Waals surface area contributed by atoms with Gasteiger partial charge in [0.15, 0.2) is 0 Å². The average Bonchev–Trinajstić information content (AvgIpc) is 2.67. The number of hydrogen-bond acceptors (Lipinski definition) is 1. The quantitative estimate of drug-likeness (QED) is 0.757. The standard InChI is InChI=1S/C12H14FN/c13-12-3-1-2-10(8-12)4-5-11-6-7-14-9-11/h1-5,8,11,14H,6-7,9H2/b5-4+. The maximum Gasteiger partial charge on any atom is 0.123 e. The van der Waals surface area contributed by atoms with Crippen molar-refractivity contribution in [2.45, 2.75) is 6.42 Å². The highest BCUT2D eigenvalue weighted by molar-refractivity contribution is 5.49. The van der Waals surface area contributed by atoms with Crippen molar-refractivity contribution in [3.05, 3.63) is 41.7 Å². The topological polar surface area (TPSA) is 12.0 Å². The molecule has 1 atom stereocenters. The van der Waals surface area contributed by atoms with E-state index in [2.05, 4.69) is 11.4 Å². The smallest absolute Gasteiger partial charge is 0.123 e. The van der Waals surface area contributed by atoms with Crippen LogP contribution in [0.4, 0.5) is 4.39 Å². The Morgan fingerprint density at radius 2 is 2.36 bits per heavy atom. The highest BCUT2D eigenvalue weighted by Gasteiger charge is 2.09. The van der Waals surface area contributed by atoms with Crippen LogP contribution < -0.4 is 5.32 Å². The second-order valence-corrected chi connectivity index (χ2v) is 3.67. The van der Waals surface area contributed by atoms with E-state index >= 15 is 0 Å². The summed E-state index contributed by atoms with van der Waals surface area (Å²) >= 11 is 0. The van der Waals surface area contributed by atoms with Crippen LogP contribution in [0.25, 0.3) is 6.08 Å². The summed E-state index contributed by atoms with van der Waals surface area (Å²) < 4.78 is 12.8. The second-order valence-electron chi connectivity index (χ2n) is 3.67. The Kier molecular flexibility index (Phi) is 2.94. The van der Waals surface area contributed by atoms with Gasteiger partial charge >= 0.3 is 0 Å². The number of halogens is 1. The van der Waals surface area contributed by atoms with Crippen molar-refractivity contribution in [1.29, 1.82) is 0 Å². The highest BCUT2D eigenvalue weighted by atomic mass is 19.1. The summed E-state index contributed by atoms with van der Waals surface area (Å²) in [5.41, 5.74) is 0.942. The van der Waals surface area contributed by atoms with Crippen LogP contribution in [0.2, 0.25) is 0 Å². The maximum absolute atomic E-state index is 12.8. The average molecular weight is 191 g/mol. The van der Waals surface area contributed by atoms with E-state index in [0.717, 1.165) is 18.7 Å². The third-order valence-electron chi connectivity index (χ3n) is 2.51. The van der Waals surface area contributed by atoms with Crippen LogP contribution >= 0.6 is 0 Å². The third-order valence-corrected chi connectivity index (χ3v) is 2.51. The fraction of sp³-hybridized carbons (Fsp3) is 0.333. The van der Waals surface area contributed by atoms with E-state index in [1.54, 1.807) is 12.1 Å². The van der Waals surface area contributed by atoms with Gasteiger partial charge in [0.2, 0.25) is 0 Å². The molecule has 0 aliphatic carbocycles. The minimum absolute atomic E-state index is 0.170. The fourth-order valence-corrected chi connectivity index (χ4v) is 1.70. The van der Waals surface area contributed by atoms with E-state index in [9.17, 15) is 4.39 Å². The molecule has 0 aromatic heterocycles. The molecular weight excluding hydrogens is 177 g/mol. The lowest BCUT2D eigenvalue weighted by molar-refractivity contribution is 0.627. The Morgan fingerprint density at radius 1 is 1.43 bits per heavy atom. The molecule has 1 aromatic rings. The Balaban J connectivity index is 2.02. The van der Waals surface area contributed by atoms with E-state index in [0.29, 0.717) is 5.92 Å². The van der Waals surface area contributed by atoms with Gasteiger partial charge in [-0.1, -0.05) is 24.3 Å². The summed E-state index contributed by atoms with van der Waals surface area (Å²) in [4.78, 5) is 0. The lowest BCUT2D eigenvalue weighted by Gasteiger charge is -1.99. The van der Waals surface area contributed by atoms with Gasteiger partial charge in [-0.05, 0) is 36.6 Å². The first-order valence-corrected chi connectivity index (χ1v) is 4.99. The Hall–Kier alpha value is -1.15. The van der Waals surface area contributed by atoms with E-state index in [-0.39, 0.29) is 5.82 Å². The molecule has 1 aromatic carbocycles. The highest BCUT2D eigenvalue weighted by Crippen LogP contribution is 2.12. The molecule has 0 spiro atoms. The molecule has 0 saturated carbocycles. The number of nitrogens with one attached hydrogen (secondary N) is 1. The summed E-state index contributed by atoms with van der Waals surface area (Å²) in [6.07, 6.45) is 5.35. The molecule has 1 fully saturated rings. The van der Waals surface area contributed by atoms with Gasteiger partial charge in [-0.15, -0.1) is 0 Å². The van der Waals surface area contributed by atoms with Crippen molar-refractivity contribution in [3.8, 4) is 0 Å². The lowest BCUT2D eigenvalue weighted by atomic mass is 10.1. The number of benzene rings is 1. The van der Waals surface area contributed by atoms with Crippen LogP contribution in [0.5, 0.6) is 0 Å². The molecule has 0 amide bonds. The molecule has 0 bridgehead atoms. The molecule has 1 nitrogen and oxygen atoms in total. The summed E-state index contributed by atoms with van der Waals surface area (Å²) in [5, 5.41) is 3.29. The molecule has 1 aliphatic heterocycles. The molecule has 74 valence electrons. The van der Waals surface area contributed by atoms with Gasteiger partial charge in [-0.25, -0.2) is 4.39 Å². The Labute approximate surface area is 83.6 Å². The predicted molar refractivity (Wildman–Crippen MR) is 56.4 cm³/mol. The van der Waals surface area contributed by atoms with Crippen LogP contribution in [0.3, 0.4) is 0 Å². The van der Waals surface area contributed by atoms with E-state index in [1.807, 2.05) is 12.1 Å². The first-order chi connectivity index (χ1) is 6.84. The van der Waals surface area contributed by atoms with Gasteiger partial charge in [0.25, 0.3) is 0 Å². The molecule has 2 rings (SSSR count). The molecule has 1 unspecified atom stereocenters. The van der Waals surface area contributed by atoms with Gasteiger partial charge in [0.1, 0.15) is 5.82 Å². The van der Waals surface area contributed by atoms with Crippen molar-refractivity contribution < 1.29 is 4.39 Å². The summed E-state index contributed by atoms with van der Waals surface area (Å²) in [7, 11) is 0. The molecule has 1 saturated heterocycles. The van der Waals surface area contributed by atoms with Crippen molar-refractivity contribution in [3.63, 3.8) is 0 Å². The first-order valence-electron chi connectivity index (χ1n) is 4.99. The molecule has 0 radical (unpaired) electrons. The van der Waals surface area contributed by atoms with Gasteiger partial charge in [0, 0.05) is 6.54 Å². The van der Waals surface area contributed by atoms with Crippen molar-refractivity contribution in [2.24, 2.45) is 5.92 Å². The van der Waals surface area contributed by atoms with Crippen molar-refractivity contribution >= 4 is 6.08 Å². The largest absolute Gasteiger partial charge is 0.316 e. The summed E-state index contributed by atoms with van der Waals surface area (Å²) in [5.74, 6) is 0.440. The monoisotopic (exact) mass is 191 g/mol. The van der Waals surface area contributed by atoms with Crippen LogP contribution in [-0.4, -0.2) is 13.1 Å². The van der Waals surface area contributed by atoms with Gasteiger partial charge in [-0.3, -0.25) is 0 Å². The molecule has 1 N–H and O–H groups in total. The van der Waals surface area contributed by atoms with Gasteiger partial charge in [0.05, 0.1) is 0 Å². The lowest BCUT2D eigenvalue weighted by Crippen LogP contribution is -2.07. The fourth-order valence-electron chi connectivity index (χ4n) is 1.70. The van der Waals surface area contributed by atoms with Crippen LogP contribution in [-0.2, 0) is 0 Å². The molecule has 2 heteroatoms. The van der Waals surface area contributed by atoms with Crippen LogP contribution in [0.1, 0.15) is 12.0 Å². The van der Waals surface area contributed by atoms with E-state index in [1.165, 1.54) is 12.5 Å². The summed E-state index contributed by atoms with van der Waals surface area (Å²) in [6, 6.07) is 6.68. The van der Waals surface area contributed by atoms with Crippen LogP contribution in [0.15, 0.2) is 30.3 Å². The summed E-state index contributed by atoms with van der Waals surface area (Å²) in [6.45, 7) is 2.14. The van der Waals surface area contributed by atoms with E-state index < -0.39 is 0 Å². The van der Waals surface area contributed by atoms with Crippen LogP contribution in [0, 0.1) is 11.7 Å². The SMILES string of the molecule is Fc1cccc(/C=C/C2CCNC2)c1. The maximum atomic E-state index is 12.8. The third kappa shape index (κ3) is 2.42. The first kappa shape index (κ1) is 9.41. The van der Waals surface area contributed by atoms with Crippen molar-refractivity contribution in [1.82, 2.24) is 5.32 Å². The molecule has 1 heterocycles. The second kappa shape index (κ2) is 4.38. The van der Waals surface area contributed by atoms with E-state index in [4.69, 9.17) is 0 Å².